The van der Waals surface area contributed by atoms with E-state index in [4.69, 9.17) is 14.2 Å². The van der Waals surface area contributed by atoms with Gasteiger partial charge in [-0.3, -0.25) is 24.3 Å². The zero-order valence-corrected chi connectivity index (χ0v) is 29.5. The Morgan fingerprint density at radius 1 is 0.667 bits per heavy atom. The molecule has 2 atom stereocenters. The number of ether oxygens (including phenoxy) is 3. The van der Waals surface area contributed by atoms with Crippen molar-refractivity contribution in [2.24, 2.45) is 0 Å². The van der Waals surface area contributed by atoms with Gasteiger partial charge in [-0.15, -0.1) is 0 Å². The Balaban J connectivity index is 0.916. The molecule has 3 fully saturated rings. The van der Waals surface area contributed by atoms with Crippen LogP contribution in [0.2, 0.25) is 0 Å². The molecule has 2 unspecified atom stereocenters. The molecule has 0 saturated carbocycles. The summed E-state index contributed by atoms with van der Waals surface area (Å²) in [6, 6.07) is 28.9. The van der Waals surface area contributed by atoms with E-state index in [1.165, 1.54) is 5.56 Å². The predicted molar refractivity (Wildman–Crippen MR) is 194 cm³/mol. The summed E-state index contributed by atoms with van der Waals surface area (Å²) in [6.45, 7) is 11.0. The Hall–Kier alpha value is -4.29. The standard InChI is InChI=1S/C40H51N5O6/c46-38(49-31-34-13-6-2-7-14-34)27-37(39(47)50-32-35-15-8-3-9-16-35)44-25-23-43(24-26-44)29-36-30-45(40(48)51-36)18-10-17-41-19-21-42(22-20-41)28-33-11-4-1-5-12-33/h1-9,11-16,36-37H,10,17-32H2. The number of rotatable bonds is 16. The highest BCUT2D eigenvalue weighted by molar-refractivity contribution is 5.82. The van der Waals surface area contributed by atoms with Gasteiger partial charge in [-0.25, -0.2) is 4.79 Å². The van der Waals surface area contributed by atoms with Gasteiger partial charge in [0.05, 0.1) is 13.0 Å². The molecular weight excluding hydrogens is 646 g/mol. The lowest BCUT2D eigenvalue weighted by molar-refractivity contribution is -0.159. The van der Waals surface area contributed by atoms with Crippen molar-refractivity contribution >= 4 is 18.0 Å². The highest BCUT2D eigenvalue weighted by atomic mass is 16.6. The van der Waals surface area contributed by atoms with E-state index in [1.807, 2.05) is 70.5 Å². The third kappa shape index (κ3) is 11.4. The molecule has 51 heavy (non-hydrogen) atoms. The van der Waals surface area contributed by atoms with Crippen LogP contribution in [0, 0.1) is 0 Å². The highest BCUT2D eigenvalue weighted by Crippen LogP contribution is 2.18. The topological polar surface area (TPSA) is 95.1 Å². The Kier molecular flexibility index (Phi) is 13.5. The van der Waals surface area contributed by atoms with Gasteiger partial charge in [0.25, 0.3) is 0 Å². The van der Waals surface area contributed by atoms with E-state index < -0.39 is 18.0 Å². The minimum atomic E-state index is -0.745. The van der Waals surface area contributed by atoms with Crippen LogP contribution >= 0.6 is 0 Å². The molecule has 3 saturated heterocycles. The molecule has 0 bridgehead atoms. The summed E-state index contributed by atoms with van der Waals surface area (Å²) >= 11 is 0. The Morgan fingerprint density at radius 3 is 1.84 bits per heavy atom. The minimum Gasteiger partial charge on any atom is -0.461 e. The van der Waals surface area contributed by atoms with Crippen LogP contribution in [0.1, 0.15) is 29.5 Å². The lowest BCUT2D eigenvalue weighted by atomic mass is 10.1. The lowest BCUT2D eigenvalue weighted by Gasteiger charge is -2.38. The van der Waals surface area contributed by atoms with Gasteiger partial charge < -0.3 is 24.0 Å². The number of hydrogen-bond donors (Lipinski definition) is 0. The summed E-state index contributed by atoms with van der Waals surface area (Å²) < 4.78 is 17.0. The summed E-state index contributed by atoms with van der Waals surface area (Å²) in [5, 5.41) is 0. The second kappa shape index (κ2) is 18.8. The fourth-order valence-electron chi connectivity index (χ4n) is 7.04. The normalized spacial score (nSPS) is 19.8. The number of nitrogens with zero attached hydrogens (tertiary/aromatic N) is 5. The summed E-state index contributed by atoms with van der Waals surface area (Å²) in [6.07, 6.45) is 0.417. The first kappa shape index (κ1) is 36.5. The second-order valence-corrected chi connectivity index (χ2v) is 13.7. The largest absolute Gasteiger partial charge is 0.461 e. The first-order valence-electron chi connectivity index (χ1n) is 18.3. The van der Waals surface area contributed by atoms with Crippen molar-refractivity contribution in [1.82, 2.24) is 24.5 Å². The maximum absolute atomic E-state index is 13.4. The maximum Gasteiger partial charge on any atom is 0.410 e. The SMILES string of the molecule is O=C(CC(C(=O)OCc1ccccc1)N1CCN(CC2CN(CCCN3CCN(Cc4ccccc4)CC3)C(=O)O2)CC1)OCc1ccccc1. The van der Waals surface area contributed by atoms with Gasteiger partial charge in [-0.05, 0) is 29.7 Å². The van der Waals surface area contributed by atoms with E-state index >= 15 is 0 Å². The monoisotopic (exact) mass is 697 g/mol. The molecule has 6 rings (SSSR count). The second-order valence-electron chi connectivity index (χ2n) is 13.7. The fourth-order valence-corrected chi connectivity index (χ4v) is 7.04. The first-order valence-corrected chi connectivity index (χ1v) is 18.3. The third-order valence-electron chi connectivity index (χ3n) is 9.97. The molecule has 0 aromatic heterocycles. The lowest BCUT2D eigenvalue weighted by Crippen LogP contribution is -2.54. The van der Waals surface area contributed by atoms with Crippen LogP contribution in [0.4, 0.5) is 4.79 Å². The van der Waals surface area contributed by atoms with Crippen molar-refractivity contribution in [3.63, 3.8) is 0 Å². The Labute approximate surface area is 301 Å². The molecule has 3 aliphatic rings. The summed E-state index contributed by atoms with van der Waals surface area (Å²) in [7, 11) is 0. The van der Waals surface area contributed by atoms with Gasteiger partial charge in [0.1, 0.15) is 25.4 Å². The smallest absolute Gasteiger partial charge is 0.410 e. The van der Waals surface area contributed by atoms with Crippen molar-refractivity contribution in [2.75, 3.05) is 78.5 Å². The molecular formula is C40H51N5O6. The van der Waals surface area contributed by atoms with Crippen molar-refractivity contribution in [2.45, 2.75) is 44.7 Å². The van der Waals surface area contributed by atoms with Crippen molar-refractivity contribution in [3.8, 4) is 0 Å². The summed E-state index contributed by atoms with van der Waals surface area (Å²) in [4.78, 5) is 50.1. The number of cyclic esters (lactones) is 1. The van der Waals surface area contributed by atoms with Gasteiger partial charge in [-0.2, -0.15) is 0 Å². The van der Waals surface area contributed by atoms with E-state index in [-0.39, 0.29) is 31.8 Å². The maximum atomic E-state index is 13.4. The molecule has 3 aromatic rings. The van der Waals surface area contributed by atoms with E-state index in [1.54, 1.807) is 0 Å². The fraction of sp³-hybridized carbons (Fsp3) is 0.475. The van der Waals surface area contributed by atoms with Crippen LogP contribution in [-0.4, -0.2) is 133 Å². The minimum absolute atomic E-state index is 0.0843. The van der Waals surface area contributed by atoms with Gasteiger partial charge in [0, 0.05) is 72.0 Å². The molecule has 272 valence electrons. The molecule has 0 N–H and O–H groups in total. The molecule has 3 aromatic carbocycles. The number of piperazine rings is 2. The Morgan fingerprint density at radius 2 is 1.22 bits per heavy atom. The van der Waals surface area contributed by atoms with E-state index in [2.05, 4.69) is 45.0 Å². The van der Waals surface area contributed by atoms with E-state index in [0.29, 0.717) is 45.8 Å². The number of esters is 2. The van der Waals surface area contributed by atoms with Crippen molar-refractivity contribution in [1.29, 1.82) is 0 Å². The predicted octanol–water partition coefficient (Wildman–Crippen LogP) is 3.88. The molecule has 0 radical (unpaired) electrons. The average Bonchev–Trinajstić information content (AvgIpc) is 3.52. The first-order chi connectivity index (χ1) is 25.0. The molecule has 0 spiro atoms. The van der Waals surface area contributed by atoms with Crippen molar-refractivity contribution in [3.05, 3.63) is 108 Å². The van der Waals surface area contributed by atoms with Gasteiger partial charge in [-0.1, -0.05) is 91.0 Å². The number of carbonyl (C=O) groups excluding carboxylic acids is 3. The third-order valence-corrected chi connectivity index (χ3v) is 9.97. The molecule has 3 heterocycles. The molecule has 0 aliphatic carbocycles. The van der Waals surface area contributed by atoms with Gasteiger partial charge in [0.15, 0.2) is 0 Å². The van der Waals surface area contributed by atoms with E-state index in [9.17, 15) is 14.4 Å². The number of carbonyl (C=O) groups is 3. The van der Waals surface area contributed by atoms with E-state index in [0.717, 1.165) is 56.8 Å². The number of benzene rings is 3. The Bertz CT molecular complexity index is 1510. The molecule has 11 nitrogen and oxygen atoms in total. The zero-order valence-electron chi connectivity index (χ0n) is 29.5. The van der Waals surface area contributed by atoms with Crippen LogP contribution < -0.4 is 0 Å². The highest BCUT2D eigenvalue weighted by Gasteiger charge is 2.36. The summed E-state index contributed by atoms with van der Waals surface area (Å²) in [5.74, 6) is -0.871. The van der Waals surface area contributed by atoms with Gasteiger partial charge >= 0.3 is 18.0 Å². The molecule has 1 amide bonds. The zero-order chi connectivity index (χ0) is 35.3. The van der Waals surface area contributed by atoms with Gasteiger partial charge in [0.2, 0.25) is 0 Å². The van der Waals surface area contributed by atoms with Crippen LogP contribution in [-0.2, 0) is 43.6 Å². The molecule has 11 heteroatoms. The van der Waals surface area contributed by atoms with Crippen LogP contribution in [0.5, 0.6) is 0 Å². The van der Waals surface area contributed by atoms with Crippen LogP contribution in [0.3, 0.4) is 0 Å². The molecule has 3 aliphatic heterocycles. The average molecular weight is 698 g/mol. The van der Waals surface area contributed by atoms with Crippen LogP contribution in [0.15, 0.2) is 91.0 Å². The number of hydrogen-bond acceptors (Lipinski definition) is 10. The number of amides is 1. The van der Waals surface area contributed by atoms with Crippen LogP contribution in [0.25, 0.3) is 0 Å². The summed E-state index contributed by atoms with van der Waals surface area (Å²) in [5.41, 5.74) is 3.13. The van der Waals surface area contributed by atoms with Crippen molar-refractivity contribution < 1.29 is 28.6 Å². The quantitative estimate of drug-likeness (QED) is 0.162.